The second kappa shape index (κ2) is 2.94. The predicted octanol–water partition coefficient (Wildman–Crippen LogP) is 3.61. The van der Waals surface area contributed by atoms with Crippen molar-refractivity contribution in [3.8, 4) is 0 Å². The summed E-state index contributed by atoms with van der Waals surface area (Å²) in [6.07, 6.45) is 7.22. The maximum Gasteiger partial charge on any atom is -0.0272 e. The Morgan fingerprint density at radius 3 is 1.70 bits per heavy atom. The molecule has 10 heavy (non-hydrogen) atoms. The number of rotatable bonds is 4. The van der Waals surface area contributed by atoms with Crippen molar-refractivity contribution < 1.29 is 0 Å². The first-order valence-corrected chi connectivity index (χ1v) is 4.79. The van der Waals surface area contributed by atoms with Crippen LogP contribution < -0.4 is 0 Å². The van der Waals surface area contributed by atoms with Gasteiger partial charge >= 0.3 is 0 Å². The van der Waals surface area contributed by atoms with Crippen LogP contribution in [0.4, 0.5) is 0 Å². The molecular formula is C10H20. The molecular weight excluding hydrogens is 120 g/mol. The fourth-order valence-electron chi connectivity index (χ4n) is 2.37. The first-order chi connectivity index (χ1) is 4.79. The number of hydrogen-bond acceptors (Lipinski definition) is 0. The van der Waals surface area contributed by atoms with E-state index in [0.717, 1.165) is 11.3 Å². The molecule has 1 saturated carbocycles. The topological polar surface area (TPSA) is 0 Å². The van der Waals surface area contributed by atoms with Gasteiger partial charge in [0.1, 0.15) is 0 Å². The number of hydrogen-bond donors (Lipinski definition) is 0. The van der Waals surface area contributed by atoms with Gasteiger partial charge in [0.2, 0.25) is 0 Å². The van der Waals surface area contributed by atoms with Crippen molar-refractivity contribution >= 4 is 0 Å². The van der Waals surface area contributed by atoms with E-state index in [4.69, 9.17) is 0 Å². The molecule has 1 rings (SSSR count). The van der Waals surface area contributed by atoms with Crippen LogP contribution in [0.25, 0.3) is 0 Å². The van der Waals surface area contributed by atoms with Crippen molar-refractivity contribution in [1.82, 2.24) is 0 Å². The minimum Gasteiger partial charge on any atom is -0.0651 e. The maximum atomic E-state index is 2.35. The van der Waals surface area contributed by atoms with Crippen LogP contribution in [0.2, 0.25) is 0 Å². The summed E-state index contributed by atoms with van der Waals surface area (Å²) in [5.41, 5.74) is 0.809. The van der Waals surface area contributed by atoms with Crippen LogP contribution in [-0.2, 0) is 0 Å². The Labute approximate surface area is 65.0 Å². The van der Waals surface area contributed by atoms with Gasteiger partial charge in [-0.2, -0.15) is 0 Å². The van der Waals surface area contributed by atoms with Crippen LogP contribution in [0, 0.1) is 11.3 Å². The van der Waals surface area contributed by atoms with E-state index in [1.54, 1.807) is 0 Å². The van der Waals surface area contributed by atoms with Crippen LogP contribution in [0.5, 0.6) is 0 Å². The monoisotopic (exact) mass is 140 g/mol. The van der Waals surface area contributed by atoms with Gasteiger partial charge in [0, 0.05) is 0 Å². The lowest BCUT2D eigenvalue weighted by Gasteiger charge is -2.22. The Hall–Kier alpha value is 0. The molecule has 1 aliphatic rings. The normalized spacial score (nSPS) is 21.6. The highest BCUT2D eigenvalue weighted by molar-refractivity contribution is 4.96. The van der Waals surface area contributed by atoms with Crippen LogP contribution in [-0.4, -0.2) is 0 Å². The Kier molecular flexibility index (Phi) is 2.38. The first kappa shape index (κ1) is 8.10. The van der Waals surface area contributed by atoms with Crippen LogP contribution in [0.3, 0.4) is 0 Å². The highest BCUT2D eigenvalue weighted by atomic mass is 14.5. The van der Waals surface area contributed by atoms with Crippen LogP contribution >= 0.6 is 0 Å². The second-order valence-electron chi connectivity index (χ2n) is 3.73. The minimum absolute atomic E-state index is 0.809. The highest BCUT2D eigenvalue weighted by Crippen LogP contribution is 2.56. The highest BCUT2D eigenvalue weighted by Gasteiger charge is 2.45. The third-order valence-corrected chi connectivity index (χ3v) is 3.45. The molecule has 1 fully saturated rings. The molecule has 0 heteroatoms. The Bertz CT molecular complexity index is 96.6. The molecule has 0 amide bonds. The van der Waals surface area contributed by atoms with Gasteiger partial charge in [-0.25, -0.2) is 0 Å². The molecule has 0 radical (unpaired) electrons. The Morgan fingerprint density at radius 1 is 1.10 bits per heavy atom. The molecule has 0 aromatic carbocycles. The second-order valence-corrected chi connectivity index (χ2v) is 3.73. The van der Waals surface area contributed by atoms with Gasteiger partial charge in [-0.3, -0.25) is 0 Å². The van der Waals surface area contributed by atoms with Gasteiger partial charge in [-0.15, -0.1) is 0 Å². The molecule has 0 saturated heterocycles. The molecule has 0 aromatic heterocycles. The molecule has 0 aliphatic heterocycles. The van der Waals surface area contributed by atoms with Gasteiger partial charge in [0.25, 0.3) is 0 Å². The van der Waals surface area contributed by atoms with E-state index in [0.29, 0.717) is 0 Å². The summed E-state index contributed by atoms with van der Waals surface area (Å²) in [7, 11) is 0. The fraction of sp³-hybridized carbons (Fsp3) is 1.00. The summed E-state index contributed by atoms with van der Waals surface area (Å²) in [6, 6.07) is 0. The molecule has 0 atom stereocenters. The van der Waals surface area contributed by atoms with Gasteiger partial charge in [-0.05, 0) is 24.2 Å². The molecule has 0 heterocycles. The van der Waals surface area contributed by atoms with Crippen molar-refractivity contribution in [3.63, 3.8) is 0 Å². The molecule has 0 aromatic rings. The average Bonchev–Trinajstić information content (AvgIpc) is 2.72. The zero-order valence-corrected chi connectivity index (χ0v) is 7.61. The van der Waals surface area contributed by atoms with Gasteiger partial charge in [-0.1, -0.05) is 40.0 Å². The Morgan fingerprint density at radius 2 is 1.60 bits per heavy atom. The average molecular weight is 140 g/mol. The summed E-state index contributed by atoms with van der Waals surface area (Å²) in [4.78, 5) is 0. The van der Waals surface area contributed by atoms with Crippen molar-refractivity contribution in [1.29, 1.82) is 0 Å². The lowest BCUT2D eigenvalue weighted by molar-refractivity contribution is 0.279. The standard InChI is InChI=1S/C10H20/c1-4-9(5-2)10(6-3)7-8-10/h9H,4-8H2,1-3H3. The quantitative estimate of drug-likeness (QED) is 0.559. The SMILES string of the molecule is CCC(CC)C1(CC)CC1. The molecule has 0 N–H and O–H groups in total. The van der Waals surface area contributed by atoms with Crippen molar-refractivity contribution in [3.05, 3.63) is 0 Å². The van der Waals surface area contributed by atoms with E-state index >= 15 is 0 Å². The fourth-order valence-corrected chi connectivity index (χ4v) is 2.37. The smallest absolute Gasteiger partial charge is 0.0272 e. The van der Waals surface area contributed by atoms with E-state index in [1.165, 1.54) is 32.1 Å². The first-order valence-electron chi connectivity index (χ1n) is 4.79. The lowest BCUT2D eigenvalue weighted by atomic mass is 9.83. The summed E-state index contributed by atoms with van der Waals surface area (Å²) in [5, 5.41) is 0. The third-order valence-electron chi connectivity index (χ3n) is 3.45. The summed E-state index contributed by atoms with van der Waals surface area (Å²) >= 11 is 0. The van der Waals surface area contributed by atoms with E-state index in [9.17, 15) is 0 Å². The van der Waals surface area contributed by atoms with Crippen molar-refractivity contribution in [2.45, 2.75) is 52.9 Å². The molecule has 0 bridgehead atoms. The van der Waals surface area contributed by atoms with Gasteiger partial charge < -0.3 is 0 Å². The summed E-state index contributed by atoms with van der Waals surface area (Å²) < 4.78 is 0. The van der Waals surface area contributed by atoms with Crippen molar-refractivity contribution in [2.24, 2.45) is 11.3 Å². The minimum atomic E-state index is 0.809. The zero-order chi connectivity index (χ0) is 7.61. The van der Waals surface area contributed by atoms with Crippen LogP contribution in [0.1, 0.15) is 52.9 Å². The Balaban J connectivity index is 2.43. The van der Waals surface area contributed by atoms with Gasteiger partial charge in [0.05, 0.1) is 0 Å². The molecule has 0 unspecified atom stereocenters. The molecule has 60 valence electrons. The third kappa shape index (κ3) is 1.21. The van der Waals surface area contributed by atoms with E-state index in [2.05, 4.69) is 20.8 Å². The zero-order valence-electron chi connectivity index (χ0n) is 7.61. The van der Waals surface area contributed by atoms with E-state index in [-0.39, 0.29) is 0 Å². The van der Waals surface area contributed by atoms with E-state index < -0.39 is 0 Å². The van der Waals surface area contributed by atoms with Crippen molar-refractivity contribution in [2.75, 3.05) is 0 Å². The molecule has 1 aliphatic carbocycles. The molecule has 0 nitrogen and oxygen atoms in total. The predicted molar refractivity (Wildman–Crippen MR) is 46.0 cm³/mol. The molecule has 0 spiro atoms. The maximum absolute atomic E-state index is 2.35. The van der Waals surface area contributed by atoms with Crippen LogP contribution in [0.15, 0.2) is 0 Å². The summed E-state index contributed by atoms with van der Waals surface area (Å²) in [5.74, 6) is 1.03. The largest absolute Gasteiger partial charge is 0.0651 e. The lowest BCUT2D eigenvalue weighted by Crippen LogP contribution is -2.12. The summed E-state index contributed by atoms with van der Waals surface area (Å²) in [6.45, 7) is 7.03. The van der Waals surface area contributed by atoms with E-state index in [1.807, 2.05) is 0 Å². The van der Waals surface area contributed by atoms with Gasteiger partial charge in [0.15, 0.2) is 0 Å².